The summed E-state index contributed by atoms with van der Waals surface area (Å²) in [5.41, 5.74) is 4.67. The summed E-state index contributed by atoms with van der Waals surface area (Å²) < 4.78 is 11.2. The minimum atomic E-state index is 0.607. The predicted octanol–water partition coefficient (Wildman–Crippen LogP) is 4.86. The molecule has 0 fully saturated rings. The number of anilines is 1. The fourth-order valence-electron chi connectivity index (χ4n) is 3.16. The number of aryl methyl sites for hydroxylation is 2. The molecule has 2 aromatic carbocycles. The van der Waals surface area contributed by atoms with Crippen LogP contribution < -0.4 is 14.8 Å². The van der Waals surface area contributed by atoms with Crippen LogP contribution in [0.1, 0.15) is 30.0 Å². The number of nitrogens with one attached hydrogen (secondary N) is 1. The van der Waals surface area contributed by atoms with Crippen molar-refractivity contribution in [1.82, 2.24) is 9.80 Å². The Balaban J connectivity index is 2.17. The number of nitrogens with zero attached hydrogens (tertiary/aromatic N) is 2. The maximum atomic E-state index is 5.79. The highest BCUT2D eigenvalue weighted by atomic mass is 32.1. The molecule has 0 unspecified atom stereocenters. The third kappa shape index (κ3) is 7.18. The summed E-state index contributed by atoms with van der Waals surface area (Å²) in [4.78, 5) is 4.40. The molecule has 0 saturated carbocycles. The van der Waals surface area contributed by atoms with Crippen molar-refractivity contribution in [3.8, 4) is 11.5 Å². The largest absolute Gasteiger partial charge is 0.493 e. The van der Waals surface area contributed by atoms with Gasteiger partial charge in [0, 0.05) is 18.8 Å². The van der Waals surface area contributed by atoms with Crippen LogP contribution in [-0.2, 0) is 6.54 Å². The van der Waals surface area contributed by atoms with Crippen LogP contribution in [0.5, 0.6) is 11.5 Å². The van der Waals surface area contributed by atoms with E-state index in [0.717, 1.165) is 47.4 Å². The van der Waals surface area contributed by atoms with Gasteiger partial charge in [0.15, 0.2) is 16.6 Å². The molecule has 0 spiro atoms. The monoisotopic (exact) mass is 429 g/mol. The lowest BCUT2D eigenvalue weighted by Gasteiger charge is -2.27. The number of benzene rings is 2. The molecule has 0 aromatic heterocycles. The highest BCUT2D eigenvalue weighted by Gasteiger charge is 2.13. The topological polar surface area (TPSA) is 37.0 Å². The molecule has 0 aliphatic carbocycles. The van der Waals surface area contributed by atoms with Crippen molar-refractivity contribution in [2.24, 2.45) is 0 Å². The maximum Gasteiger partial charge on any atom is 0.173 e. The molecule has 1 N–H and O–H groups in total. The molecule has 0 aliphatic rings. The third-order valence-electron chi connectivity index (χ3n) is 4.98. The SMILES string of the molecule is CCOc1ccc(CN(CCCN(C)C)C(=S)Nc2ccc(C)c(C)c2)cc1OC. The van der Waals surface area contributed by atoms with Crippen LogP contribution in [0.15, 0.2) is 36.4 Å². The highest BCUT2D eigenvalue weighted by molar-refractivity contribution is 7.80. The number of ether oxygens (including phenoxy) is 2. The normalized spacial score (nSPS) is 10.8. The molecule has 0 bridgehead atoms. The number of methoxy groups -OCH3 is 1. The van der Waals surface area contributed by atoms with E-state index in [1.54, 1.807) is 7.11 Å². The fourth-order valence-corrected chi connectivity index (χ4v) is 3.43. The van der Waals surface area contributed by atoms with E-state index in [1.165, 1.54) is 11.1 Å². The van der Waals surface area contributed by atoms with Gasteiger partial charge in [-0.2, -0.15) is 0 Å². The first-order valence-corrected chi connectivity index (χ1v) is 10.8. The van der Waals surface area contributed by atoms with E-state index in [9.17, 15) is 0 Å². The molecule has 2 rings (SSSR count). The summed E-state index contributed by atoms with van der Waals surface area (Å²) >= 11 is 5.79. The van der Waals surface area contributed by atoms with Crippen LogP contribution in [0, 0.1) is 13.8 Å². The smallest absolute Gasteiger partial charge is 0.173 e. The van der Waals surface area contributed by atoms with E-state index >= 15 is 0 Å². The van der Waals surface area contributed by atoms with Crippen LogP contribution in [0.25, 0.3) is 0 Å². The summed E-state index contributed by atoms with van der Waals surface area (Å²) in [5, 5.41) is 4.14. The van der Waals surface area contributed by atoms with Gasteiger partial charge in [-0.15, -0.1) is 0 Å². The summed E-state index contributed by atoms with van der Waals surface area (Å²) in [6.07, 6.45) is 1.02. The average Bonchev–Trinajstić information content (AvgIpc) is 2.71. The lowest BCUT2D eigenvalue weighted by Crippen LogP contribution is -2.36. The summed E-state index contributed by atoms with van der Waals surface area (Å²) in [5.74, 6) is 1.51. The first-order valence-electron chi connectivity index (χ1n) is 10.4. The standard InChI is InChI=1S/C24H35N3O2S/c1-7-29-22-12-10-20(16-23(22)28-6)17-27(14-8-13-26(4)5)24(30)25-21-11-9-18(2)19(3)15-21/h9-12,15-16H,7-8,13-14,17H2,1-6H3,(H,25,30). The van der Waals surface area contributed by atoms with Crippen molar-refractivity contribution < 1.29 is 9.47 Å². The van der Waals surface area contributed by atoms with Gasteiger partial charge >= 0.3 is 0 Å². The molecule has 0 saturated heterocycles. The molecule has 0 heterocycles. The molecule has 0 aliphatic heterocycles. The minimum absolute atomic E-state index is 0.607. The van der Waals surface area contributed by atoms with Gasteiger partial charge in [0.1, 0.15) is 0 Å². The number of hydrogen-bond acceptors (Lipinski definition) is 4. The van der Waals surface area contributed by atoms with E-state index < -0.39 is 0 Å². The van der Waals surface area contributed by atoms with Gasteiger partial charge in [-0.1, -0.05) is 12.1 Å². The van der Waals surface area contributed by atoms with Crippen molar-refractivity contribution in [2.45, 2.75) is 33.7 Å². The zero-order valence-corrected chi connectivity index (χ0v) is 19.9. The lowest BCUT2D eigenvalue weighted by atomic mass is 10.1. The van der Waals surface area contributed by atoms with Gasteiger partial charge in [-0.3, -0.25) is 0 Å². The molecule has 30 heavy (non-hydrogen) atoms. The van der Waals surface area contributed by atoms with E-state index in [4.69, 9.17) is 21.7 Å². The van der Waals surface area contributed by atoms with Crippen molar-refractivity contribution >= 4 is 23.0 Å². The Kier molecular flexibility index (Phi) is 9.40. The Morgan fingerprint density at radius 1 is 1.00 bits per heavy atom. The van der Waals surface area contributed by atoms with Gasteiger partial charge in [0.25, 0.3) is 0 Å². The van der Waals surface area contributed by atoms with Gasteiger partial charge in [0.05, 0.1) is 13.7 Å². The predicted molar refractivity (Wildman–Crippen MR) is 130 cm³/mol. The molecule has 0 amide bonds. The second-order valence-corrected chi connectivity index (χ2v) is 8.11. The molecule has 5 nitrogen and oxygen atoms in total. The zero-order valence-electron chi connectivity index (χ0n) is 19.1. The molecule has 164 valence electrons. The van der Waals surface area contributed by atoms with Crippen molar-refractivity contribution in [1.29, 1.82) is 0 Å². The van der Waals surface area contributed by atoms with E-state index in [2.05, 4.69) is 67.3 Å². The molecular formula is C24H35N3O2S. The lowest BCUT2D eigenvalue weighted by molar-refractivity contribution is 0.309. The molecule has 0 radical (unpaired) electrons. The van der Waals surface area contributed by atoms with Gasteiger partial charge in [-0.05, 0) is 101 Å². The van der Waals surface area contributed by atoms with Crippen LogP contribution in [0.4, 0.5) is 5.69 Å². The van der Waals surface area contributed by atoms with Crippen LogP contribution in [0.3, 0.4) is 0 Å². The molecule has 6 heteroatoms. The first-order chi connectivity index (χ1) is 14.3. The van der Waals surface area contributed by atoms with Gasteiger partial charge in [-0.25, -0.2) is 0 Å². The first kappa shape index (κ1) is 24.0. The van der Waals surface area contributed by atoms with Gasteiger partial charge < -0.3 is 24.6 Å². The van der Waals surface area contributed by atoms with E-state index in [0.29, 0.717) is 13.2 Å². The summed E-state index contributed by atoms with van der Waals surface area (Å²) in [6, 6.07) is 12.4. The van der Waals surface area contributed by atoms with Crippen LogP contribution >= 0.6 is 12.2 Å². The Morgan fingerprint density at radius 2 is 1.77 bits per heavy atom. The number of hydrogen-bond donors (Lipinski definition) is 1. The average molecular weight is 430 g/mol. The second-order valence-electron chi connectivity index (χ2n) is 7.73. The van der Waals surface area contributed by atoms with Crippen LogP contribution in [0.2, 0.25) is 0 Å². The Bertz CT molecular complexity index is 839. The van der Waals surface area contributed by atoms with Crippen molar-refractivity contribution in [2.75, 3.05) is 46.2 Å². The quantitative estimate of drug-likeness (QED) is 0.544. The Morgan fingerprint density at radius 3 is 2.40 bits per heavy atom. The molecule has 2 aromatic rings. The van der Waals surface area contributed by atoms with Crippen LogP contribution in [-0.4, -0.2) is 55.8 Å². The minimum Gasteiger partial charge on any atom is -0.493 e. The maximum absolute atomic E-state index is 5.79. The third-order valence-corrected chi connectivity index (χ3v) is 5.34. The van der Waals surface area contributed by atoms with Crippen molar-refractivity contribution in [3.05, 3.63) is 53.1 Å². The van der Waals surface area contributed by atoms with Crippen molar-refractivity contribution in [3.63, 3.8) is 0 Å². The Labute approximate surface area is 187 Å². The summed E-state index contributed by atoms with van der Waals surface area (Å²) in [7, 11) is 5.85. The summed E-state index contributed by atoms with van der Waals surface area (Å²) in [6.45, 7) is 9.38. The zero-order chi connectivity index (χ0) is 22.1. The van der Waals surface area contributed by atoms with E-state index in [-0.39, 0.29) is 0 Å². The second kappa shape index (κ2) is 11.8. The number of thiocarbonyl (C=S) groups is 1. The van der Waals surface area contributed by atoms with E-state index in [1.807, 2.05) is 19.1 Å². The highest BCUT2D eigenvalue weighted by Crippen LogP contribution is 2.28. The fraction of sp³-hybridized carbons (Fsp3) is 0.458. The molecule has 0 atom stereocenters. The van der Waals surface area contributed by atoms with Gasteiger partial charge in [0.2, 0.25) is 0 Å². The molecular weight excluding hydrogens is 394 g/mol. The Hall–Kier alpha value is -2.31. The number of rotatable bonds is 10.